The minimum absolute atomic E-state index is 0.167. The summed E-state index contributed by atoms with van der Waals surface area (Å²) >= 11 is 5.18. The highest BCUT2D eigenvalue weighted by atomic mass is 32.1. The molecule has 1 aromatic heterocycles. The van der Waals surface area contributed by atoms with Crippen LogP contribution in [0.25, 0.3) is 0 Å². The van der Waals surface area contributed by atoms with Gasteiger partial charge in [0, 0.05) is 18.5 Å². The number of ether oxygens (including phenoxy) is 1. The molecule has 4 heteroatoms. The Labute approximate surface area is 90.1 Å². The summed E-state index contributed by atoms with van der Waals surface area (Å²) in [6.07, 6.45) is 1.92. The maximum absolute atomic E-state index is 5.63. The van der Waals surface area contributed by atoms with Crippen molar-refractivity contribution in [2.75, 3.05) is 6.61 Å². The third kappa shape index (κ3) is 2.69. The zero-order valence-electron chi connectivity index (χ0n) is 9.26. The van der Waals surface area contributed by atoms with Crippen LogP contribution in [0.3, 0.4) is 0 Å². The van der Waals surface area contributed by atoms with E-state index in [1.54, 1.807) is 0 Å². The van der Waals surface area contributed by atoms with Gasteiger partial charge in [-0.15, -0.1) is 0 Å². The maximum atomic E-state index is 5.63. The second-order valence-electron chi connectivity index (χ2n) is 4.01. The number of aromatic nitrogens is 2. The quantitative estimate of drug-likeness (QED) is 0.781. The van der Waals surface area contributed by atoms with Gasteiger partial charge < -0.3 is 14.3 Å². The van der Waals surface area contributed by atoms with Crippen LogP contribution in [0, 0.1) is 11.7 Å². The smallest absolute Gasteiger partial charge is 0.177 e. The SMILES string of the molecule is CCOC(C)(C)Cn1c(C)c[nH]c1=S. The molecular weight excluding hydrogens is 196 g/mol. The van der Waals surface area contributed by atoms with Gasteiger partial charge in [0.2, 0.25) is 0 Å². The number of nitrogens with zero attached hydrogens (tertiary/aromatic N) is 1. The maximum Gasteiger partial charge on any atom is 0.177 e. The predicted octanol–water partition coefficient (Wildman–Crippen LogP) is 2.67. The Morgan fingerprint density at radius 1 is 1.57 bits per heavy atom. The Balaban J connectivity index is 2.83. The van der Waals surface area contributed by atoms with E-state index < -0.39 is 0 Å². The standard InChI is InChI=1S/C10H18N2OS/c1-5-13-10(3,4)7-12-8(2)6-11-9(12)14/h6H,5,7H2,1-4H3,(H,11,14). The van der Waals surface area contributed by atoms with E-state index >= 15 is 0 Å². The summed E-state index contributed by atoms with van der Waals surface area (Å²) in [7, 11) is 0. The third-order valence-electron chi connectivity index (χ3n) is 2.15. The van der Waals surface area contributed by atoms with Gasteiger partial charge in [-0.05, 0) is 39.9 Å². The van der Waals surface area contributed by atoms with Gasteiger partial charge in [0.25, 0.3) is 0 Å². The first kappa shape index (κ1) is 11.5. The molecule has 0 unspecified atom stereocenters. The number of nitrogens with one attached hydrogen (secondary N) is 1. The molecule has 0 saturated heterocycles. The zero-order valence-corrected chi connectivity index (χ0v) is 10.1. The Kier molecular flexibility index (Phi) is 3.50. The average Bonchev–Trinajstić information content (AvgIpc) is 2.35. The van der Waals surface area contributed by atoms with Crippen molar-refractivity contribution in [3.63, 3.8) is 0 Å². The molecular formula is C10H18N2OS. The minimum Gasteiger partial charge on any atom is -0.374 e. The van der Waals surface area contributed by atoms with Crippen LogP contribution in [-0.2, 0) is 11.3 Å². The normalized spacial score (nSPS) is 12.0. The van der Waals surface area contributed by atoms with Gasteiger partial charge in [0.05, 0.1) is 12.1 Å². The first-order chi connectivity index (χ1) is 6.46. The van der Waals surface area contributed by atoms with E-state index in [1.165, 1.54) is 0 Å². The molecule has 0 fully saturated rings. The number of aromatic amines is 1. The Morgan fingerprint density at radius 3 is 2.64 bits per heavy atom. The van der Waals surface area contributed by atoms with E-state index in [-0.39, 0.29) is 5.60 Å². The lowest BCUT2D eigenvalue weighted by Gasteiger charge is -2.25. The van der Waals surface area contributed by atoms with Gasteiger partial charge >= 0.3 is 0 Å². The number of imidazole rings is 1. The van der Waals surface area contributed by atoms with Crippen molar-refractivity contribution in [1.82, 2.24) is 9.55 Å². The first-order valence-corrected chi connectivity index (χ1v) is 5.26. The number of hydrogen-bond acceptors (Lipinski definition) is 2. The summed E-state index contributed by atoms with van der Waals surface area (Å²) in [4.78, 5) is 3.02. The highest BCUT2D eigenvalue weighted by Crippen LogP contribution is 2.14. The summed E-state index contributed by atoms with van der Waals surface area (Å²) in [5.41, 5.74) is 0.975. The molecule has 0 spiro atoms. The van der Waals surface area contributed by atoms with E-state index in [2.05, 4.69) is 23.4 Å². The van der Waals surface area contributed by atoms with Gasteiger partial charge in [-0.1, -0.05) is 0 Å². The van der Waals surface area contributed by atoms with Gasteiger partial charge in [0.1, 0.15) is 0 Å². The fraction of sp³-hybridized carbons (Fsp3) is 0.700. The van der Waals surface area contributed by atoms with E-state index in [1.807, 2.05) is 20.0 Å². The second kappa shape index (κ2) is 4.28. The van der Waals surface area contributed by atoms with Crippen LogP contribution in [0.2, 0.25) is 0 Å². The number of H-pyrrole nitrogens is 1. The van der Waals surface area contributed by atoms with E-state index in [0.717, 1.165) is 23.6 Å². The molecule has 1 aromatic rings. The van der Waals surface area contributed by atoms with Crippen LogP contribution in [0.15, 0.2) is 6.20 Å². The van der Waals surface area contributed by atoms with Crippen LogP contribution in [0.5, 0.6) is 0 Å². The molecule has 3 nitrogen and oxygen atoms in total. The Morgan fingerprint density at radius 2 is 2.21 bits per heavy atom. The lowest BCUT2D eigenvalue weighted by Crippen LogP contribution is -2.31. The summed E-state index contributed by atoms with van der Waals surface area (Å²) in [5, 5.41) is 0. The van der Waals surface area contributed by atoms with Crippen LogP contribution in [0.1, 0.15) is 26.5 Å². The number of hydrogen-bond donors (Lipinski definition) is 1. The van der Waals surface area contributed by atoms with Crippen molar-refractivity contribution in [2.45, 2.75) is 39.8 Å². The summed E-state index contributed by atoms with van der Waals surface area (Å²) in [6, 6.07) is 0. The van der Waals surface area contributed by atoms with Crippen molar-refractivity contribution < 1.29 is 4.74 Å². The molecule has 0 amide bonds. The fourth-order valence-electron chi connectivity index (χ4n) is 1.50. The molecule has 1 rings (SSSR count). The van der Waals surface area contributed by atoms with E-state index in [0.29, 0.717) is 0 Å². The zero-order chi connectivity index (χ0) is 10.8. The first-order valence-electron chi connectivity index (χ1n) is 4.85. The van der Waals surface area contributed by atoms with Crippen LogP contribution < -0.4 is 0 Å². The van der Waals surface area contributed by atoms with Crippen molar-refractivity contribution in [3.8, 4) is 0 Å². The molecule has 0 saturated carbocycles. The Bertz CT molecular complexity index is 351. The number of rotatable bonds is 4. The van der Waals surface area contributed by atoms with Crippen molar-refractivity contribution >= 4 is 12.2 Å². The topological polar surface area (TPSA) is 29.9 Å². The molecule has 1 heterocycles. The summed E-state index contributed by atoms with van der Waals surface area (Å²) in [5.74, 6) is 0. The van der Waals surface area contributed by atoms with Crippen LogP contribution in [-0.4, -0.2) is 21.8 Å². The number of aryl methyl sites for hydroxylation is 1. The lowest BCUT2D eigenvalue weighted by molar-refractivity contribution is -0.0229. The molecule has 0 atom stereocenters. The second-order valence-corrected chi connectivity index (χ2v) is 4.40. The molecule has 14 heavy (non-hydrogen) atoms. The van der Waals surface area contributed by atoms with Crippen molar-refractivity contribution in [2.24, 2.45) is 0 Å². The van der Waals surface area contributed by atoms with Crippen LogP contribution in [0.4, 0.5) is 0 Å². The molecule has 0 radical (unpaired) electrons. The van der Waals surface area contributed by atoms with E-state index in [9.17, 15) is 0 Å². The molecule has 0 aromatic carbocycles. The molecule has 0 aliphatic heterocycles. The fourth-order valence-corrected chi connectivity index (χ4v) is 1.76. The third-order valence-corrected chi connectivity index (χ3v) is 2.49. The predicted molar refractivity (Wildman–Crippen MR) is 60.1 cm³/mol. The van der Waals surface area contributed by atoms with Gasteiger partial charge in [-0.25, -0.2) is 0 Å². The monoisotopic (exact) mass is 214 g/mol. The molecule has 0 bridgehead atoms. The molecule has 1 N–H and O–H groups in total. The molecule has 0 aliphatic carbocycles. The Hall–Kier alpha value is -0.610. The van der Waals surface area contributed by atoms with Gasteiger partial charge in [-0.2, -0.15) is 0 Å². The van der Waals surface area contributed by atoms with E-state index in [4.69, 9.17) is 17.0 Å². The molecule has 80 valence electrons. The van der Waals surface area contributed by atoms with Crippen molar-refractivity contribution in [3.05, 3.63) is 16.7 Å². The van der Waals surface area contributed by atoms with Gasteiger partial charge in [-0.3, -0.25) is 0 Å². The van der Waals surface area contributed by atoms with Gasteiger partial charge in [0.15, 0.2) is 4.77 Å². The summed E-state index contributed by atoms with van der Waals surface area (Å²) < 4.78 is 8.45. The highest BCUT2D eigenvalue weighted by molar-refractivity contribution is 7.71. The summed E-state index contributed by atoms with van der Waals surface area (Å²) in [6.45, 7) is 9.70. The highest BCUT2D eigenvalue weighted by Gasteiger charge is 2.19. The minimum atomic E-state index is -0.167. The van der Waals surface area contributed by atoms with Crippen molar-refractivity contribution in [1.29, 1.82) is 0 Å². The van der Waals surface area contributed by atoms with Crippen LogP contribution >= 0.6 is 12.2 Å². The average molecular weight is 214 g/mol. The lowest BCUT2D eigenvalue weighted by atomic mass is 10.1. The molecule has 0 aliphatic rings. The largest absolute Gasteiger partial charge is 0.374 e.